The molecule has 0 aliphatic heterocycles. The van der Waals surface area contributed by atoms with Gasteiger partial charge in [-0.2, -0.15) is 0 Å². The molecule has 0 bridgehead atoms. The van der Waals surface area contributed by atoms with Crippen LogP contribution in [0, 0.1) is 11.6 Å². The number of halogens is 3. The van der Waals surface area contributed by atoms with Crippen molar-refractivity contribution >= 4 is 21.9 Å². The number of rotatable bonds is 3. The lowest BCUT2D eigenvalue weighted by Gasteiger charge is -2.22. The van der Waals surface area contributed by atoms with E-state index in [1.807, 2.05) is 0 Å². The first kappa shape index (κ1) is 16.0. The van der Waals surface area contributed by atoms with E-state index in [0.29, 0.717) is 0 Å². The van der Waals surface area contributed by atoms with Crippen LogP contribution in [-0.4, -0.2) is 17.6 Å². The van der Waals surface area contributed by atoms with Crippen LogP contribution in [0.4, 0.5) is 8.78 Å². The molecule has 2 N–H and O–H groups in total. The topological polar surface area (TPSA) is 52.3 Å². The second-order valence-electron chi connectivity index (χ2n) is 5.17. The van der Waals surface area contributed by atoms with Gasteiger partial charge in [-0.3, -0.25) is 4.79 Å². The molecule has 0 saturated carbocycles. The van der Waals surface area contributed by atoms with Crippen molar-refractivity contribution in [2.45, 2.75) is 38.8 Å². The normalized spacial score (nSPS) is 13.2. The summed E-state index contributed by atoms with van der Waals surface area (Å²) in [5.41, 5.74) is 4.70. The molecule has 1 rings (SSSR count). The highest BCUT2D eigenvalue weighted by atomic mass is 79.9. The third kappa shape index (κ3) is 4.54. The standard InChI is InChI=1S/C13H16BrF2NO2/c1-13(2,3)19-12(18)10(17)6-7-9(15)5-4-8(14)11(7)16/h4-5,10H,6,17H2,1-3H3. The van der Waals surface area contributed by atoms with Crippen molar-refractivity contribution in [3.8, 4) is 0 Å². The molecule has 6 heteroatoms. The van der Waals surface area contributed by atoms with E-state index in [0.717, 1.165) is 6.07 Å². The van der Waals surface area contributed by atoms with Gasteiger partial charge >= 0.3 is 5.97 Å². The van der Waals surface area contributed by atoms with Gasteiger partial charge < -0.3 is 10.5 Å². The zero-order valence-corrected chi connectivity index (χ0v) is 12.6. The van der Waals surface area contributed by atoms with E-state index in [1.165, 1.54) is 6.07 Å². The van der Waals surface area contributed by atoms with Crippen LogP contribution >= 0.6 is 15.9 Å². The Bertz CT molecular complexity index is 486. The molecule has 1 aromatic rings. The molecule has 106 valence electrons. The van der Waals surface area contributed by atoms with Crippen LogP contribution in [0.1, 0.15) is 26.3 Å². The predicted octanol–water partition coefficient (Wildman–Crippen LogP) is 2.94. The number of nitrogens with two attached hydrogens (primary N) is 1. The third-order valence-electron chi connectivity index (χ3n) is 2.27. The number of esters is 1. The minimum absolute atomic E-state index is 0.125. The second kappa shape index (κ2) is 5.96. The van der Waals surface area contributed by atoms with Crippen molar-refractivity contribution in [3.63, 3.8) is 0 Å². The Balaban J connectivity index is 2.86. The summed E-state index contributed by atoms with van der Waals surface area (Å²) < 4.78 is 32.4. The fourth-order valence-electron chi connectivity index (χ4n) is 1.44. The van der Waals surface area contributed by atoms with Gasteiger partial charge in [0.05, 0.1) is 4.47 Å². The van der Waals surface area contributed by atoms with Crippen LogP contribution in [0.15, 0.2) is 16.6 Å². The lowest BCUT2D eigenvalue weighted by molar-refractivity contribution is -0.156. The first-order valence-corrected chi connectivity index (χ1v) is 6.52. The molecule has 0 amide bonds. The van der Waals surface area contributed by atoms with Crippen molar-refractivity contribution in [3.05, 3.63) is 33.8 Å². The van der Waals surface area contributed by atoms with Crippen LogP contribution in [0.5, 0.6) is 0 Å². The largest absolute Gasteiger partial charge is 0.459 e. The fraction of sp³-hybridized carbons (Fsp3) is 0.462. The fourth-order valence-corrected chi connectivity index (χ4v) is 1.81. The van der Waals surface area contributed by atoms with Crippen molar-refractivity contribution in [1.29, 1.82) is 0 Å². The Labute approximate surface area is 119 Å². The van der Waals surface area contributed by atoms with Gasteiger partial charge in [0.2, 0.25) is 0 Å². The van der Waals surface area contributed by atoms with E-state index in [4.69, 9.17) is 10.5 Å². The molecule has 0 heterocycles. The maximum absolute atomic E-state index is 13.7. The first-order valence-electron chi connectivity index (χ1n) is 5.72. The van der Waals surface area contributed by atoms with E-state index >= 15 is 0 Å². The molecular weight excluding hydrogens is 320 g/mol. The van der Waals surface area contributed by atoms with Crippen molar-refractivity contribution in [2.24, 2.45) is 5.73 Å². The number of hydrogen-bond acceptors (Lipinski definition) is 3. The second-order valence-corrected chi connectivity index (χ2v) is 6.02. The summed E-state index contributed by atoms with van der Waals surface area (Å²) in [4.78, 5) is 11.7. The number of carbonyl (C=O) groups excluding carboxylic acids is 1. The molecule has 0 spiro atoms. The highest BCUT2D eigenvalue weighted by Gasteiger charge is 2.25. The Morgan fingerprint density at radius 2 is 2.00 bits per heavy atom. The van der Waals surface area contributed by atoms with Crippen molar-refractivity contribution in [1.82, 2.24) is 0 Å². The van der Waals surface area contributed by atoms with Gasteiger partial charge in [0.1, 0.15) is 23.3 Å². The Hall–Kier alpha value is -1.01. The summed E-state index contributed by atoms with van der Waals surface area (Å²) in [6, 6.07) is 1.26. The van der Waals surface area contributed by atoms with Crippen LogP contribution in [-0.2, 0) is 16.0 Å². The van der Waals surface area contributed by atoms with Crippen molar-refractivity contribution < 1.29 is 18.3 Å². The predicted molar refractivity (Wildman–Crippen MR) is 71.6 cm³/mol. The van der Waals surface area contributed by atoms with Gasteiger partial charge in [0.25, 0.3) is 0 Å². The molecule has 19 heavy (non-hydrogen) atoms. The summed E-state index contributed by atoms with van der Waals surface area (Å²) in [6.45, 7) is 5.08. The van der Waals surface area contributed by atoms with Crippen LogP contribution in [0.25, 0.3) is 0 Å². The molecular formula is C13H16BrF2NO2. The Morgan fingerprint density at radius 3 is 2.53 bits per heavy atom. The molecule has 0 fully saturated rings. The summed E-state index contributed by atoms with van der Waals surface area (Å²) >= 11 is 2.96. The Kier molecular flexibility index (Phi) is 5.04. The molecule has 0 aliphatic carbocycles. The molecule has 1 unspecified atom stereocenters. The van der Waals surface area contributed by atoms with E-state index in [2.05, 4.69) is 15.9 Å². The minimum Gasteiger partial charge on any atom is -0.459 e. The number of ether oxygens (including phenoxy) is 1. The average Bonchev–Trinajstić information content (AvgIpc) is 2.27. The highest BCUT2D eigenvalue weighted by molar-refractivity contribution is 9.10. The molecule has 0 aliphatic rings. The van der Waals surface area contributed by atoms with Crippen molar-refractivity contribution in [2.75, 3.05) is 0 Å². The monoisotopic (exact) mass is 335 g/mol. The lowest BCUT2D eigenvalue weighted by Crippen LogP contribution is -2.39. The van der Waals surface area contributed by atoms with Crippen LogP contribution in [0.3, 0.4) is 0 Å². The molecule has 3 nitrogen and oxygen atoms in total. The zero-order chi connectivity index (χ0) is 14.8. The number of benzene rings is 1. The van der Waals surface area contributed by atoms with Gasteiger partial charge in [0, 0.05) is 12.0 Å². The lowest BCUT2D eigenvalue weighted by atomic mass is 10.0. The quantitative estimate of drug-likeness (QED) is 0.682. The molecule has 0 saturated heterocycles. The smallest absolute Gasteiger partial charge is 0.323 e. The zero-order valence-electron chi connectivity index (χ0n) is 11.0. The van der Waals surface area contributed by atoms with Gasteiger partial charge in [0.15, 0.2) is 0 Å². The number of carbonyl (C=O) groups is 1. The summed E-state index contributed by atoms with van der Waals surface area (Å²) in [6.07, 6.45) is -0.258. The average molecular weight is 336 g/mol. The van der Waals surface area contributed by atoms with Gasteiger partial charge in [-0.15, -0.1) is 0 Å². The van der Waals surface area contributed by atoms with E-state index < -0.39 is 29.2 Å². The first-order chi connectivity index (χ1) is 8.61. The Morgan fingerprint density at radius 1 is 1.42 bits per heavy atom. The maximum atomic E-state index is 13.7. The molecule has 0 aromatic heterocycles. The van der Waals surface area contributed by atoms with Gasteiger partial charge in [-0.05, 0) is 48.8 Å². The van der Waals surface area contributed by atoms with Gasteiger partial charge in [-0.25, -0.2) is 8.78 Å². The molecule has 1 atom stereocenters. The van der Waals surface area contributed by atoms with Crippen LogP contribution in [0.2, 0.25) is 0 Å². The van der Waals surface area contributed by atoms with E-state index in [1.54, 1.807) is 20.8 Å². The SMILES string of the molecule is CC(C)(C)OC(=O)C(N)Cc1c(F)ccc(Br)c1F. The summed E-state index contributed by atoms with van der Waals surface area (Å²) in [5.74, 6) is -2.18. The van der Waals surface area contributed by atoms with Gasteiger partial charge in [-0.1, -0.05) is 0 Å². The van der Waals surface area contributed by atoms with Crippen LogP contribution < -0.4 is 5.73 Å². The van der Waals surface area contributed by atoms with E-state index in [9.17, 15) is 13.6 Å². The summed E-state index contributed by atoms with van der Waals surface area (Å²) in [5, 5.41) is 0. The highest BCUT2D eigenvalue weighted by Crippen LogP contribution is 2.23. The summed E-state index contributed by atoms with van der Waals surface area (Å²) in [7, 11) is 0. The van der Waals surface area contributed by atoms with E-state index in [-0.39, 0.29) is 16.5 Å². The number of hydrogen-bond donors (Lipinski definition) is 1. The third-order valence-corrected chi connectivity index (χ3v) is 2.88. The maximum Gasteiger partial charge on any atom is 0.323 e. The molecule has 0 radical (unpaired) electrons. The molecule has 1 aromatic carbocycles. The minimum atomic E-state index is -1.11.